The topological polar surface area (TPSA) is 52.9 Å². The van der Waals surface area contributed by atoms with Gasteiger partial charge in [0.1, 0.15) is 11.1 Å². The molecule has 78 valence electrons. The summed E-state index contributed by atoms with van der Waals surface area (Å²) in [6.45, 7) is 0. The van der Waals surface area contributed by atoms with E-state index in [1.807, 2.05) is 0 Å². The van der Waals surface area contributed by atoms with Crippen LogP contribution in [0.1, 0.15) is 22.4 Å². The Morgan fingerprint density at radius 2 is 2.40 bits per heavy atom. The predicted molar refractivity (Wildman–Crippen MR) is 63.5 cm³/mol. The fourth-order valence-corrected chi connectivity index (χ4v) is 3.11. The number of thiol groups is 1. The lowest BCUT2D eigenvalue weighted by molar-refractivity contribution is -0.113. The van der Waals surface area contributed by atoms with Gasteiger partial charge >= 0.3 is 0 Å². The van der Waals surface area contributed by atoms with Gasteiger partial charge in [-0.1, -0.05) is 0 Å². The minimum atomic E-state index is -0.158. The molecule has 0 saturated carbocycles. The molecule has 1 aromatic heterocycles. The number of carbonyl (C=O) groups excluding carboxylic acids is 1. The molecule has 0 fully saturated rings. The summed E-state index contributed by atoms with van der Waals surface area (Å²) in [7, 11) is 0. The Morgan fingerprint density at radius 3 is 3.07 bits per heavy atom. The van der Waals surface area contributed by atoms with Crippen LogP contribution in [-0.4, -0.2) is 11.7 Å². The third kappa shape index (κ3) is 1.87. The van der Waals surface area contributed by atoms with Crippen molar-refractivity contribution in [3.63, 3.8) is 0 Å². The maximum atomic E-state index is 11.2. The molecular formula is C10H10N2OS2. The highest BCUT2D eigenvalue weighted by Gasteiger charge is 2.22. The van der Waals surface area contributed by atoms with Crippen molar-refractivity contribution in [1.29, 1.82) is 5.26 Å². The van der Waals surface area contributed by atoms with Gasteiger partial charge in [0, 0.05) is 4.88 Å². The maximum absolute atomic E-state index is 11.2. The van der Waals surface area contributed by atoms with E-state index >= 15 is 0 Å². The number of carbonyl (C=O) groups is 1. The molecule has 1 amide bonds. The quantitative estimate of drug-likeness (QED) is 0.774. The fourth-order valence-electron chi connectivity index (χ4n) is 1.78. The van der Waals surface area contributed by atoms with E-state index in [0.717, 1.165) is 24.8 Å². The van der Waals surface area contributed by atoms with E-state index in [1.54, 1.807) is 0 Å². The van der Waals surface area contributed by atoms with Crippen LogP contribution in [0.5, 0.6) is 0 Å². The number of thiophene rings is 1. The Hall–Kier alpha value is -0.990. The van der Waals surface area contributed by atoms with Gasteiger partial charge < -0.3 is 5.32 Å². The van der Waals surface area contributed by atoms with Crippen molar-refractivity contribution >= 4 is 34.9 Å². The minimum Gasteiger partial charge on any atom is -0.316 e. The first-order valence-electron chi connectivity index (χ1n) is 4.71. The Bertz CT molecular complexity index is 445. The first-order chi connectivity index (χ1) is 7.26. The van der Waals surface area contributed by atoms with Gasteiger partial charge in [-0.3, -0.25) is 4.79 Å². The summed E-state index contributed by atoms with van der Waals surface area (Å²) < 4.78 is 0. The predicted octanol–water partition coefficient (Wildman–Crippen LogP) is 1.98. The van der Waals surface area contributed by atoms with Crippen LogP contribution < -0.4 is 5.32 Å². The minimum absolute atomic E-state index is 0.146. The molecule has 15 heavy (non-hydrogen) atoms. The van der Waals surface area contributed by atoms with E-state index in [9.17, 15) is 4.79 Å². The number of amides is 1. The molecule has 0 atom stereocenters. The van der Waals surface area contributed by atoms with Crippen molar-refractivity contribution in [2.75, 3.05) is 11.1 Å². The first-order valence-corrected chi connectivity index (χ1v) is 6.16. The van der Waals surface area contributed by atoms with Crippen molar-refractivity contribution in [3.05, 3.63) is 16.0 Å². The second-order valence-corrected chi connectivity index (χ2v) is 4.80. The fraction of sp³-hybridized carbons (Fsp3) is 0.400. The van der Waals surface area contributed by atoms with Crippen LogP contribution in [-0.2, 0) is 17.6 Å². The highest BCUT2D eigenvalue weighted by Crippen LogP contribution is 2.38. The third-order valence-electron chi connectivity index (χ3n) is 2.43. The summed E-state index contributed by atoms with van der Waals surface area (Å²) in [5, 5.41) is 12.5. The number of nitrogens with one attached hydrogen (secondary N) is 1. The normalized spacial score (nSPS) is 13.3. The van der Waals surface area contributed by atoms with Crippen molar-refractivity contribution in [3.8, 4) is 6.07 Å². The second kappa shape index (κ2) is 4.25. The number of rotatable bonds is 2. The number of nitrogens with zero attached hydrogens (tertiary/aromatic N) is 1. The number of nitriles is 1. The summed E-state index contributed by atoms with van der Waals surface area (Å²) in [6, 6.07) is 2.18. The Balaban J connectivity index is 2.33. The lowest BCUT2D eigenvalue weighted by Crippen LogP contribution is -2.12. The number of anilines is 1. The van der Waals surface area contributed by atoms with Crippen molar-refractivity contribution < 1.29 is 4.79 Å². The number of hydrogen-bond acceptors (Lipinski definition) is 4. The van der Waals surface area contributed by atoms with Crippen LogP contribution in [0.4, 0.5) is 5.00 Å². The van der Waals surface area contributed by atoms with Crippen LogP contribution in [0.15, 0.2) is 0 Å². The third-order valence-corrected chi connectivity index (χ3v) is 3.92. The highest BCUT2D eigenvalue weighted by molar-refractivity contribution is 7.81. The Morgan fingerprint density at radius 1 is 1.60 bits per heavy atom. The molecule has 1 N–H and O–H groups in total. The number of hydrogen-bond donors (Lipinski definition) is 2. The molecule has 1 aliphatic rings. The first kappa shape index (κ1) is 10.5. The summed E-state index contributed by atoms with van der Waals surface area (Å²) in [5.74, 6) is -0.0114. The maximum Gasteiger partial charge on any atom is 0.234 e. The van der Waals surface area contributed by atoms with E-state index in [4.69, 9.17) is 5.26 Å². The smallest absolute Gasteiger partial charge is 0.234 e. The summed E-state index contributed by atoms with van der Waals surface area (Å²) in [6.07, 6.45) is 3.12. The molecule has 0 spiro atoms. The molecule has 0 saturated heterocycles. The second-order valence-electron chi connectivity index (χ2n) is 3.38. The van der Waals surface area contributed by atoms with E-state index in [1.165, 1.54) is 16.2 Å². The monoisotopic (exact) mass is 238 g/mol. The zero-order valence-electron chi connectivity index (χ0n) is 8.04. The zero-order chi connectivity index (χ0) is 10.8. The molecular weight excluding hydrogens is 228 g/mol. The van der Waals surface area contributed by atoms with Gasteiger partial charge in [-0.25, -0.2) is 0 Å². The number of fused-ring (bicyclic) bond motifs is 1. The van der Waals surface area contributed by atoms with Gasteiger partial charge in [0.2, 0.25) is 5.91 Å². The van der Waals surface area contributed by atoms with Crippen molar-refractivity contribution in [2.45, 2.75) is 19.3 Å². The zero-order valence-corrected chi connectivity index (χ0v) is 9.75. The molecule has 1 aromatic rings. The van der Waals surface area contributed by atoms with Crippen LogP contribution in [0.25, 0.3) is 0 Å². The molecule has 1 heterocycles. The largest absolute Gasteiger partial charge is 0.316 e. The summed E-state index contributed by atoms with van der Waals surface area (Å²) >= 11 is 5.42. The molecule has 0 aromatic carbocycles. The molecule has 2 rings (SSSR count). The van der Waals surface area contributed by atoms with Gasteiger partial charge in [0.25, 0.3) is 0 Å². The Kier molecular flexibility index (Phi) is 2.98. The van der Waals surface area contributed by atoms with Crippen LogP contribution in [0.2, 0.25) is 0 Å². The van der Waals surface area contributed by atoms with Gasteiger partial charge in [-0.15, -0.1) is 11.3 Å². The molecule has 1 aliphatic carbocycles. The van der Waals surface area contributed by atoms with Gasteiger partial charge in [-0.2, -0.15) is 17.9 Å². The van der Waals surface area contributed by atoms with E-state index in [-0.39, 0.29) is 11.7 Å². The van der Waals surface area contributed by atoms with E-state index in [2.05, 4.69) is 24.0 Å². The molecule has 0 radical (unpaired) electrons. The summed E-state index contributed by atoms with van der Waals surface area (Å²) in [4.78, 5) is 12.4. The van der Waals surface area contributed by atoms with Gasteiger partial charge in [-0.05, 0) is 24.8 Å². The highest BCUT2D eigenvalue weighted by atomic mass is 32.1. The van der Waals surface area contributed by atoms with E-state index in [0.29, 0.717) is 10.6 Å². The molecule has 0 bridgehead atoms. The lowest BCUT2D eigenvalue weighted by atomic mass is 10.1. The van der Waals surface area contributed by atoms with Crippen molar-refractivity contribution in [1.82, 2.24) is 0 Å². The average Bonchev–Trinajstić information content (AvgIpc) is 2.77. The van der Waals surface area contributed by atoms with Crippen LogP contribution >= 0.6 is 24.0 Å². The average molecular weight is 238 g/mol. The molecule has 5 heteroatoms. The van der Waals surface area contributed by atoms with E-state index < -0.39 is 0 Å². The van der Waals surface area contributed by atoms with Crippen LogP contribution in [0.3, 0.4) is 0 Å². The van der Waals surface area contributed by atoms with Crippen LogP contribution in [0, 0.1) is 11.3 Å². The SMILES string of the molecule is N#Cc1c(NC(=O)CS)sc2c1CCC2. The van der Waals surface area contributed by atoms with Crippen molar-refractivity contribution in [2.24, 2.45) is 0 Å². The molecule has 3 nitrogen and oxygen atoms in total. The lowest BCUT2D eigenvalue weighted by Gasteiger charge is -2.00. The number of aryl methyl sites for hydroxylation is 1. The molecule has 0 aliphatic heterocycles. The Labute approximate surface area is 97.5 Å². The molecule has 0 unspecified atom stereocenters. The van der Waals surface area contributed by atoms with Gasteiger partial charge in [0.05, 0.1) is 11.3 Å². The summed E-state index contributed by atoms with van der Waals surface area (Å²) in [5.41, 5.74) is 1.79. The van der Waals surface area contributed by atoms with Gasteiger partial charge in [0.15, 0.2) is 0 Å². The standard InChI is InChI=1S/C10H10N2OS2/c11-4-7-6-2-1-3-8(6)15-10(7)12-9(13)5-14/h14H,1-3,5H2,(H,12,13).